The molecule has 0 bridgehead atoms. The van der Waals surface area contributed by atoms with Gasteiger partial charge in [0.25, 0.3) is 0 Å². The Kier molecular flexibility index (Phi) is 5.32. The third-order valence-corrected chi connectivity index (χ3v) is 7.19. The number of ether oxygens (including phenoxy) is 1. The molecule has 1 N–H and O–H groups in total. The molecule has 0 saturated carbocycles. The highest BCUT2D eigenvalue weighted by Crippen LogP contribution is 2.51. The lowest BCUT2D eigenvalue weighted by Crippen LogP contribution is -2.32. The SMILES string of the molecule is CSc1nc2n(n1)[C@H](c1ccc(C)cc1)C1=C(N2)c2cc(Cl)ccc2O[C@@H]1c1ccc(Cl)cc1. The van der Waals surface area contributed by atoms with Gasteiger partial charge in [0.15, 0.2) is 0 Å². The summed E-state index contributed by atoms with van der Waals surface area (Å²) in [6, 6.07) is 21.8. The number of rotatable bonds is 3. The van der Waals surface area contributed by atoms with E-state index in [9.17, 15) is 0 Å². The molecular formula is C26H20Cl2N4OS. The van der Waals surface area contributed by atoms with Crippen molar-refractivity contribution in [3.63, 3.8) is 0 Å². The number of aromatic nitrogens is 3. The van der Waals surface area contributed by atoms with Crippen molar-refractivity contribution < 1.29 is 4.74 Å². The molecule has 5 nitrogen and oxygen atoms in total. The van der Waals surface area contributed by atoms with Gasteiger partial charge in [0.2, 0.25) is 11.1 Å². The zero-order valence-corrected chi connectivity index (χ0v) is 20.7. The fraction of sp³-hybridized carbons (Fsp3) is 0.154. The van der Waals surface area contributed by atoms with E-state index < -0.39 is 0 Å². The van der Waals surface area contributed by atoms with Crippen molar-refractivity contribution in [2.45, 2.75) is 24.2 Å². The van der Waals surface area contributed by atoms with Crippen LogP contribution in [0.1, 0.15) is 34.4 Å². The number of fused-ring (bicyclic) bond motifs is 3. The average Bonchev–Trinajstić information content (AvgIpc) is 3.27. The van der Waals surface area contributed by atoms with Crippen molar-refractivity contribution in [1.82, 2.24) is 14.8 Å². The van der Waals surface area contributed by atoms with Crippen LogP contribution < -0.4 is 10.1 Å². The maximum Gasteiger partial charge on any atom is 0.227 e. The van der Waals surface area contributed by atoms with Crippen LogP contribution in [0.3, 0.4) is 0 Å². The molecular weight excluding hydrogens is 487 g/mol. The largest absolute Gasteiger partial charge is 0.480 e. The van der Waals surface area contributed by atoms with Gasteiger partial charge in [0.1, 0.15) is 17.9 Å². The molecule has 170 valence electrons. The normalized spacial score (nSPS) is 18.5. The summed E-state index contributed by atoms with van der Waals surface area (Å²) in [6.07, 6.45) is 1.62. The quantitative estimate of drug-likeness (QED) is 0.298. The highest BCUT2D eigenvalue weighted by molar-refractivity contribution is 7.98. The highest BCUT2D eigenvalue weighted by Gasteiger charge is 2.41. The molecule has 6 rings (SSSR count). The van der Waals surface area contributed by atoms with Gasteiger partial charge < -0.3 is 10.1 Å². The molecule has 2 aliphatic rings. The maximum absolute atomic E-state index is 6.64. The first kappa shape index (κ1) is 21.6. The van der Waals surface area contributed by atoms with E-state index in [0.29, 0.717) is 21.2 Å². The minimum atomic E-state index is -0.352. The van der Waals surface area contributed by atoms with Gasteiger partial charge in [-0.05, 0) is 54.6 Å². The second-order valence-electron chi connectivity index (χ2n) is 8.33. The number of aryl methyl sites for hydroxylation is 1. The summed E-state index contributed by atoms with van der Waals surface area (Å²) in [5.41, 5.74) is 6.20. The molecule has 3 heterocycles. The van der Waals surface area contributed by atoms with Crippen LogP contribution in [0, 0.1) is 6.92 Å². The molecule has 34 heavy (non-hydrogen) atoms. The van der Waals surface area contributed by atoms with Crippen molar-refractivity contribution >= 4 is 46.6 Å². The van der Waals surface area contributed by atoms with E-state index in [0.717, 1.165) is 33.7 Å². The van der Waals surface area contributed by atoms with Crippen LogP contribution in [-0.4, -0.2) is 21.0 Å². The second-order valence-corrected chi connectivity index (χ2v) is 9.97. The third kappa shape index (κ3) is 3.57. The summed E-state index contributed by atoms with van der Waals surface area (Å²) >= 11 is 14.1. The monoisotopic (exact) mass is 506 g/mol. The van der Waals surface area contributed by atoms with Crippen LogP contribution >= 0.6 is 35.0 Å². The van der Waals surface area contributed by atoms with E-state index >= 15 is 0 Å². The fourth-order valence-electron chi connectivity index (χ4n) is 4.55. The predicted octanol–water partition coefficient (Wildman–Crippen LogP) is 7.18. The highest BCUT2D eigenvalue weighted by atomic mass is 35.5. The van der Waals surface area contributed by atoms with Crippen LogP contribution in [0.2, 0.25) is 10.0 Å². The number of hydrogen-bond acceptors (Lipinski definition) is 5. The topological polar surface area (TPSA) is 52.0 Å². The van der Waals surface area contributed by atoms with E-state index in [1.165, 1.54) is 17.3 Å². The Labute approximate surface area is 211 Å². The van der Waals surface area contributed by atoms with E-state index in [1.807, 2.05) is 53.4 Å². The van der Waals surface area contributed by atoms with Crippen LogP contribution in [0.15, 0.2) is 77.5 Å². The molecule has 0 aliphatic carbocycles. The number of hydrogen-bond donors (Lipinski definition) is 1. The van der Waals surface area contributed by atoms with Gasteiger partial charge in [0.05, 0.1) is 5.70 Å². The summed E-state index contributed by atoms with van der Waals surface area (Å²) in [7, 11) is 0. The first-order valence-corrected chi connectivity index (χ1v) is 12.8. The molecule has 4 aromatic rings. The summed E-state index contributed by atoms with van der Waals surface area (Å²) < 4.78 is 8.60. The zero-order valence-electron chi connectivity index (χ0n) is 18.4. The predicted molar refractivity (Wildman–Crippen MR) is 138 cm³/mol. The molecule has 0 unspecified atom stereocenters. The van der Waals surface area contributed by atoms with Gasteiger partial charge in [-0.2, -0.15) is 4.98 Å². The first-order chi connectivity index (χ1) is 16.5. The summed E-state index contributed by atoms with van der Waals surface area (Å²) in [5, 5.41) is 10.4. The molecule has 0 fully saturated rings. The summed E-state index contributed by atoms with van der Waals surface area (Å²) in [4.78, 5) is 4.74. The Bertz CT molecular complexity index is 1430. The van der Waals surface area contributed by atoms with Gasteiger partial charge in [-0.3, -0.25) is 0 Å². The van der Waals surface area contributed by atoms with E-state index in [1.54, 1.807) is 0 Å². The molecule has 3 aromatic carbocycles. The smallest absolute Gasteiger partial charge is 0.227 e. The average molecular weight is 507 g/mol. The zero-order chi connectivity index (χ0) is 23.4. The van der Waals surface area contributed by atoms with Gasteiger partial charge in [-0.1, -0.05) is 76.9 Å². The van der Waals surface area contributed by atoms with Gasteiger partial charge in [-0.15, -0.1) is 5.10 Å². The molecule has 0 spiro atoms. The molecule has 2 aliphatic heterocycles. The van der Waals surface area contributed by atoms with E-state index in [4.69, 9.17) is 38.0 Å². The van der Waals surface area contributed by atoms with Crippen molar-refractivity contribution in [1.29, 1.82) is 0 Å². The van der Waals surface area contributed by atoms with Crippen LogP contribution in [0.25, 0.3) is 5.70 Å². The lowest BCUT2D eigenvalue weighted by atomic mass is 9.84. The van der Waals surface area contributed by atoms with Crippen molar-refractivity contribution in [3.05, 3.63) is 105 Å². The standard InChI is InChI=1S/C26H20Cl2N4OS/c1-14-3-5-15(6-4-14)23-21-22(29-25-30-26(34-2)31-32(23)25)19-13-18(28)11-12-20(19)33-24(21)16-7-9-17(27)10-8-16/h3-13,23-24H,1-2H3,(H,29,30,31)/t23-,24-/m1/s1. The third-order valence-electron chi connectivity index (χ3n) is 6.16. The Morgan fingerprint density at radius 3 is 2.38 bits per heavy atom. The van der Waals surface area contributed by atoms with Crippen LogP contribution in [0.4, 0.5) is 5.95 Å². The van der Waals surface area contributed by atoms with Crippen molar-refractivity contribution in [2.24, 2.45) is 0 Å². The fourth-order valence-corrected chi connectivity index (χ4v) is 5.20. The number of anilines is 1. The maximum atomic E-state index is 6.64. The van der Waals surface area contributed by atoms with Gasteiger partial charge in [0, 0.05) is 21.2 Å². The number of nitrogens with zero attached hydrogens (tertiary/aromatic N) is 3. The number of halogens is 2. The first-order valence-electron chi connectivity index (χ1n) is 10.8. The Morgan fingerprint density at radius 2 is 1.65 bits per heavy atom. The van der Waals surface area contributed by atoms with Crippen molar-refractivity contribution in [2.75, 3.05) is 11.6 Å². The van der Waals surface area contributed by atoms with E-state index in [2.05, 4.69) is 36.5 Å². The van der Waals surface area contributed by atoms with Gasteiger partial charge >= 0.3 is 0 Å². The molecule has 8 heteroatoms. The molecule has 0 saturated heterocycles. The number of nitrogens with one attached hydrogen (secondary N) is 1. The van der Waals surface area contributed by atoms with Crippen LogP contribution in [0.5, 0.6) is 5.75 Å². The van der Waals surface area contributed by atoms with Crippen molar-refractivity contribution in [3.8, 4) is 5.75 Å². The minimum absolute atomic E-state index is 0.215. The molecule has 0 radical (unpaired) electrons. The molecule has 2 atom stereocenters. The molecule has 0 amide bonds. The lowest BCUT2D eigenvalue weighted by Gasteiger charge is -2.39. The minimum Gasteiger partial charge on any atom is -0.480 e. The summed E-state index contributed by atoms with van der Waals surface area (Å²) in [5.74, 6) is 1.45. The number of benzene rings is 3. The second kappa shape index (κ2) is 8.38. The van der Waals surface area contributed by atoms with Crippen LogP contribution in [-0.2, 0) is 0 Å². The Hall–Kier alpha value is -2.93. The van der Waals surface area contributed by atoms with Gasteiger partial charge in [-0.25, -0.2) is 4.68 Å². The Balaban J connectivity index is 1.63. The lowest BCUT2D eigenvalue weighted by molar-refractivity contribution is 0.223. The number of thioether (sulfide) groups is 1. The van der Waals surface area contributed by atoms with E-state index in [-0.39, 0.29) is 12.1 Å². The summed E-state index contributed by atoms with van der Waals surface area (Å²) in [6.45, 7) is 2.09. The molecule has 1 aromatic heterocycles. The Morgan fingerprint density at radius 1 is 0.941 bits per heavy atom.